The Hall–Kier alpha value is -1.71. The van der Waals surface area contributed by atoms with Gasteiger partial charge in [-0.2, -0.15) is 0 Å². The highest BCUT2D eigenvalue weighted by atomic mass is 16.6. The number of benzene rings is 1. The molecule has 5 atom stereocenters. The molecule has 0 bridgehead atoms. The molecule has 0 unspecified atom stereocenters. The molecule has 1 heterocycles. The average Bonchev–Trinajstić information content (AvgIpc) is 2.54. The number of aliphatic hydroxyl groups is 4. The van der Waals surface area contributed by atoms with Crippen molar-refractivity contribution >= 4 is 5.97 Å². The fourth-order valence-electron chi connectivity index (χ4n) is 2.04. The molecule has 4 N–H and O–H groups in total. The van der Waals surface area contributed by atoms with E-state index in [1.54, 1.807) is 12.1 Å². The summed E-state index contributed by atoms with van der Waals surface area (Å²) in [7, 11) is 1.50. The predicted molar refractivity (Wildman–Crippen MR) is 72.2 cm³/mol. The van der Waals surface area contributed by atoms with Crippen molar-refractivity contribution in [3.8, 4) is 5.75 Å². The number of aliphatic hydroxyl groups excluding tert-OH is 4. The standard InChI is InChI=1S/C14H18O8/c1-20-8-4-2-7(3-5-8)13(18)21-6-9-10(15)11(16)12(17)14(19)22-9/h2-5,9-12,14-17,19H,6H2,1H3/t9-,10+,11+,12-,14-/m1/s1. The topological polar surface area (TPSA) is 126 Å². The van der Waals surface area contributed by atoms with Crippen LogP contribution in [0.25, 0.3) is 0 Å². The van der Waals surface area contributed by atoms with Crippen LogP contribution in [0.1, 0.15) is 10.4 Å². The number of methoxy groups -OCH3 is 1. The molecule has 8 nitrogen and oxygen atoms in total. The van der Waals surface area contributed by atoms with Crippen LogP contribution in [-0.2, 0) is 9.47 Å². The smallest absolute Gasteiger partial charge is 0.338 e. The van der Waals surface area contributed by atoms with E-state index in [2.05, 4.69) is 0 Å². The summed E-state index contributed by atoms with van der Waals surface area (Å²) in [4.78, 5) is 11.8. The molecule has 8 heteroatoms. The number of carbonyl (C=O) groups is 1. The first kappa shape index (κ1) is 16.7. The summed E-state index contributed by atoms with van der Waals surface area (Å²) in [5, 5.41) is 38.0. The Morgan fingerprint density at radius 3 is 2.32 bits per heavy atom. The minimum absolute atomic E-state index is 0.271. The molecule has 0 aromatic heterocycles. The van der Waals surface area contributed by atoms with Crippen molar-refractivity contribution in [3.05, 3.63) is 29.8 Å². The van der Waals surface area contributed by atoms with Gasteiger partial charge in [-0.1, -0.05) is 0 Å². The van der Waals surface area contributed by atoms with E-state index in [4.69, 9.17) is 14.2 Å². The van der Waals surface area contributed by atoms with Gasteiger partial charge in [-0.05, 0) is 24.3 Å². The predicted octanol–water partition coefficient (Wildman–Crippen LogP) is -1.35. The van der Waals surface area contributed by atoms with Gasteiger partial charge >= 0.3 is 5.97 Å². The Morgan fingerprint density at radius 2 is 1.73 bits per heavy atom. The molecule has 1 aromatic carbocycles. The minimum Gasteiger partial charge on any atom is -0.497 e. The van der Waals surface area contributed by atoms with Crippen molar-refractivity contribution in [2.45, 2.75) is 30.7 Å². The van der Waals surface area contributed by atoms with E-state index in [9.17, 15) is 25.2 Å². The fraction of sp³-hybridized carbons (Fsp3) is 0.500. The van der Waals surface area contributed by atoms with Gasteiger partial charge in [-0.3, -0.25) is 0 Å². The summed E-state index contributed by atoms with van der Waals surface area (Å²) in [5.41, 5.74) is 0.271. The zero-order valence-electron chi connectivity index (χ0n) is 11.8. The van der Waals surface area contributed by atoms with Crippen LogP contribution >= 0.6 is 0 Å². The van der Waals surface area contributed by atoms with Crippen LogP contribution in [0.15, 0.2) is 24.3 Å². The largest absolute Gasteiger partial charge is 0.497 e. The molecular formula is C14H18O8. The van der Waals surface area contributed by atoms with Crippen molar-refractivity contribution < 1.29 is 39.4 Å². The van der Waals surface area contributed by atoms with Gasteiger partial charge in [0, 0.05) is 0 Å². The van der Waals surface area contributed by atoms with Gasteiger partial charge in [0.05, 0.1) is 12.7 Å². The molecule has 0 radical (unpaired) electrons. The SMILES string of the molecule is COc1ccc(C(=O)OC[C@H]2O[C@@H](O)[C@H](O)[C@@H](O)[C@H]2O)cc1. The monoisotopic (exact) mass is 314 g/mol. The first-order valence-electron chi connectivity index (χ1n) is 6.63. The fourth-order valence-corrected chi connectivity index (χ4v) is 2.04. The second-order valence-corrected chi connectivity index (χ2v) is 4.86. The van der Waals surface area contributed by atoms with Gasteiger partial charge in [0.2, 0.25) is 0 Å². The molecule has 2 rings (SSSR count). The normalized spacial score (nSPS) is 31.6. The molecular weight excluding hydrogens is 296 g/mol. The molecule has 1 aromatic rings. The Labute approximate surface area is 126 Å². The van der Waals surface area contributed by atoms with Crippen LogP contribution in [0.3, 0.4) is 0 Å². The Bertz CT molecular complexity index is 502. The first-order valence-corrected chi connectivity index (χ1v) is 6.63. The summed E-state index contributed by atoms with van der Waals surface area (Å²) in [6.07, 6.45) is -7.50. The van der Waals surface area contributed by atoms with E-state index in [1.807, 2.05) is 0 Å². The summed E-state index contributed by atoms with van der Waals surface area (Å²) in [6.45, 7) is -0.382. The average molecular weight is 314 g/mol. The summed E-state index contributed by atoms with van der Waals surface area (Å²) in [6, 6.07) is 6.19. The molecule has 122 valence electrons. The summed E-state index contributed by atoms with van der Waals surface area (Å²) >= 11 is 0. The third kappa shape index (κ3) is 3.54. The molecule has 1 fully saturated rings. The zero-order valence-corrected chi connectivity index (χ0v) is 11.8. The van der Waals surface area contributed by atoms with Crippen molar-refractivity contribution in [2.24, 2.45) is 0 Å². The second kappa shape index (κ2) is 7.03. The van der Waals surface area contributed by atoms with Crippen LogP contribution in [0.4, 0.5) is 0 Å². The minimum atomic E-state index is -1.66. The number of hydrogen-bond donors (Lipinski definition) is 4. The highest BCUT2D eigenvalue weighted by molar-refractivity contribution is 5.89. The maximum absolute atomic E-state index is 11.8. The highest BCUT2D eigenvalue weighted by Crippen LogP contribution is 2.20. The number of rotatable bonds is 4. The van der Waals surface area contributed by atoms with Gasteiger partial charge in [0.15, 0.2) is 6.29 Å². The molecule has 0 aliphatic carbocycles. The molecule has 0 amide bonds. The van der Waals surface area contributed by atoms with E-state index >= 15 is 0 Å². The van der Waals surface area contributed by atoms with Crippen LogP contribution < -0.4 is 4.74 Å². The van der Waals surface area contributed by atoms with Crippen LogP contribution in [0.2, 0.25) is 0 Å². The van der Waals surface area contributed by atoms with Crippen LogP contribution in [-0.4, -0.2) is 70.8 Å². The van der Waals surface area contributed by atoms with Gasteiger partial charge in [-0.15, -0.1) is 0 Å². The third-order valence-electron chi connectivity index (χ3n) is 3.39. The Balaban J connectivity index is 1.92. The maximum Gasteiger partial charge on any atom is 0.338 e. The lowest BCUT2D eigenvalue weighted by Gasteiger charge is -2.37. The summed E-state index contributed by atoms with van der Waals surface area (Å²) in [5.74, 6) is -0.0728. The van der Waals surface area contributed by atoms with Crippen LogP contribution in [0, 0.1) is 0 Å². The Kier molecular flexibility index (Phi) is 5.33. The van der Waals surface area contributed by atoms with Gasteiger partial charge in [0.1, 0.15) is 36.8 Å². The maximum atomic E-state index is 11.8. The third-order valence-corrected chi connectivity index (χ3v) is 3.39. The van der Waals surface area contributed by atoms with E-state index in [0.717, 1.165) is 0 Å². The van der Waals surface area contributed by atoms with Crippen molar-refractivity contribution in [3.63, 3.8) is 0 Å². The lowest BCUT2D eigenvalue weighted by atomic mass is 9.99. The lowest BCUT2D eigenvalue weighted by molar-refractivity contribution is -0.286. The lowest BCUT2D eigenvalue weighted by Crippen LogP contribution is -2.58. The molecule has 1 saturated heterocycles. The van der Waals surface area contributed by atoms with E-state index in [1.165, 1.54) is 19.2 Å². The number of esters is 1. The molecule has 1 aliphatic heterocycles. The number of hydrogen-bond acceptors (Lipinski definition) is 8. The molecule has 0 saturated carbocycles. The van der Waals surface area contributed by atoms with Gasteiger partial charge in [-0.25, -0.2) is 4.79 Å². The summed E-state index contributed by atoms with van der Waals surface area (Å²) < 4.78 is 14.8. The van der Waals surface area contributed by atoms with E-state index in [0.29, 0.717) is 5.75 Å². The Morgan fingerprint density at radius 1 is 1.09 bits per heavy atom. The van der Waals surface area contributed by atoms with Crippen molar-refractivity contribution in [1.29, 1.82) is 0 Å². The molecule has 0 spiro atoms. The quantitative estimate of drug-likeness (QED) is 0.503. The molecule has 1 aliphatic rings. The second-order valence-electron chi connectivity index (χ2n) is 4.86. The van der Waals surface area contributed by atoms with Crippen molar-refractivity contribution in [2.75, 3.05) is 13.7 Å². The van der Waals surface area contributed by atoms with E-state index < -0.39 is 36.7 Å². The van der Waals surface area contributed by atoms with Gasteiger partial charge < -0.3 is 34.6 Å². The molecule has 22 heavy (non-hydrogen) atoms. The van der Waals surface area contributed by atoms with Crippen LogP contribution in [0.5, 0.6) is 5.75 Å². The number of carbonyl (C=O) groups excluding carboxylic acids is 1. The highest BCUT2D eigenvalue weighted by Gasteiger charge is 2.43. The zero-order chi connectivity index (χ0) is 16.3. The van der Waals surface area contributed by atoms with Crippen molar-refractivity contribution in [1.82, 2.24) is 0 Å². The van der Waals surface area contributed by atoms with Gasteiger partial charge in [0.25, 0.3) is 0 Å². The van der Waals surface area contributed by atoms with E-state index in [-0.39, 0.29) is 12.2 Å². The number of ether oxygens (including phenoxy) is 3. The first-order chi connectivity index (χ1) is 10.4.